The summed E-state index contributed by atoms with van der Waals surface area (Å²) in [7, 11) is 2.78. The Morgan fingerprint density at radius 1 is 1.20 bits per heavy atom. The fourth-order valence-electron chi connectivity index (χ4n) is 0.967. The molecule has 0 bridgehead atoms. The SMILES string of the molecule is COc1nc(N)nc(OC)c1OCCF. The zero-order valence-electron chi connectivity index (χ0n) is 8.49. The molecule has 0 saturated carbocycles. The van der Waals surface area contributed by atoms with E-state index in [4.69, 9.17) is 19.9 Å². The number of halogens is 1. The number of hydrogen-bond acceptors (Lipinski definition) is 6. The Kier molecular flexibility index (Phi) is 3.90. The second-order valence-electron chi connectivity index (χ2n) is 2.47. The molecule has 0 aliphatic heterocycles. The third kappa shape index (κ3) is 2.58. The number of methoxy groups -OCH3 is 2. The van der Waals surface area contributed by atoms with E-state index < -0.39 is 6.67 Å². The van der Waals surface area contributed by atoms with Crippen molar-refractivity contribution < 1.29 is 18.6 Å². The quantitative estimate of drug-likeness (QED) is 0.770. The molecule has 0 fully saturated rings. The number of anilines is 1. The maximum absolute atomic E-state index is 12.0. The van der Waals surface area contributed by atoms with Gasteiger partial charge in [0.15, 0.2) is 0 Å². The van der Waals surface area contributed by atoms with Gasteiger partial charge in [0.1, 0.15) is 13.3 Å². The number of nitrogens with two attached hydrogens (primary N) is 1. The Bertz CT molecular complexity index is 310. The summed E-state index contributed by atoms with van der Waals surface area (Å²) in [6, 6.07) is 0. The van der Waals surface area contributed by atoms with Crippen LogP contribution in [0, 0.1) is 0 Å². The molecule has 6 nitrogen and oxygen atoms in total. The van der Waals surface area contributed by atoms with E-state index in [0.29, 0.717) is 0 Å². The van der Waals surface area contributed by atoms with Crippen LogP contribution in [0.2, 0.25) is 0 Å². The van der Waals surface area contributed by atoms with Crippen molar-refractivity contribution in [2.45, 2.75) is 0 Å². The topological polar surface area (TPSA) is 79.5 Å². The van der Waals surface area contributed by atoms with Gasteiger partial charge in [-0.15, -0.1) is 0 Å². The fraction of sp³-hybridized carbons (Fsp3) is 0.500. The molecule has 0 amide bonds. The van der Waals surface area contributed by atoms with Gasteiger partial charge in [0.2, 0.25) is 11.7 Å². The predicted molar refractivity (Wildman–Crippen MR) is 51.0 cm³/mol. The van der Waals surface area contributed by atoms with Crippen LogP contribution in [0.5, 0.6) is 17.5 Å². The van der Waals surface area contributed by atoms with Crippen molar-refractivity contribution in [3.8, 4) is 17.5 Å². The van der Waals surface area contributed by atoms with Crippen LogP contribution in [0.25, 0.3) is 0 Å². The van der Waals surface area contributed by atoms with Crippen LogP contribution in [-0.4, -0.2) is 37.5 Å². The van der Waals surface area contributed by atoms with Crippen molar-refractivity contribution in [1.82, 2.24) is 9.97 Å². The van der Waals surface area contributed by atoms with Gasteiger partial charge in [0, 0.05) is 0 Å². The minimum atomic E-state index is -0.628. The Balaban J connectivity index is 3.06. The van der Waals surface area contributed by atoms with E-state index in [0.717, 1.165) is 0 Å². The molecule has 1 aromatic heterocycles. The second kappa shape index (κ2) is 5.18. The zero-order chi connectivity index (χ0) is 11.3. The van der Waals surface area contributed by atoms with E-state index in [9.17, 15) is 4.39 Å². The summed E-state index contributed by atoms with van der Waals surface area (Å²) < 4.78 is 26.8. The standard InChI is InChI=1S/C8H12FN3O3/c1-13-6-5(15-4-3-9)7(14-2)12-8(10)11-6/h3-4H2,1-2H3,(H2,10,11,12). The molecule has 0 saturated heterocycles. The number of rotatable bonds is 5. The van der Waals surface area contributed by atoms with Gasteiger partial charge in [-0.25, -0.2) is 4.39 Å². The van der Waals surface area contributed by atoms with Gasteiger partial charge in [-0.05, 0) is 0 Å². The van der Waals surface area contributed by atoms with E-state index in [2.05, 4.69) is 9.97 Å². The average Bonchev–Trinajstić information content (AvgIpc) is 2.26. The highest BCUT2D eigenvalue weighted by Crippen LogP contribution is 2.34. The van der Waals surface area contributed by atoms with Crippen LogP contribution in [0.15, 0.2) is 0 Å². The van der Waals surface area contributed by atoms with Gasteiger partial charge < -0.3 is 19.9 Å². The monoisotopic (exact) mass is 217 g/mol. The van der Waals surface area contributed by atoms with Crippen LogP contribution < -0.4 is 19.9 Å². The first kappa shape index (κ1) is 11.3. The lowest BCUT2D eigenvalue weighted by Crippen LogP contribution is -2.07. The first-order valence-electron chi connectivity index (χ1n) is 4.17. The first-order valence-corrected chi connectivity index (χ1v) is 4.17. The van der Waals surface area contributed by atoms with E-state index >= 15 is 0 Å². The molecule has 0 aliphatic rings. The molecule has 84 valence electrons. The van der Waals surface area contributed by atoms with Gasteiger partial charge in [0.05, 0.1) is 14.2 Å². The van der Waals surface area contributed by atoms with E-state index in [1.807, 2.05) is 0 Å². The van der Waals surface area contributed by atoms with Gasteiger partial charge in [-0.3, -0.25) is 0 Å². The number of nitrogen functional groups attached to an aromatic ring is 1. The smallest absolute Gasteiger partial charge is 0.265 e. The maximum atomic E-state index is 12.0. The Labute approximate surface area is 86.2 Å². The second-order valence-corrected chi connectivity index (χ2v) is 2.47. The molecule has 1 heterocycles. The minimum absolute atomic E-state index is 0.00343. The fourth-order valence-corrected chi connectivity index (χ4v) is 0.967. The zero-order valence-corrected chi connectivity index (χ0v) is 8.49. The lowest BCUT2D eigenvalue weighted by Gasteiger charge is -2.11. The van der Waals surface area contributed by atoms with E-state index in [1.165, 1.54) is 14.2 Å². The van der Waals surface area contributed by atoms with Crippen LogP contribution in [0.3, 0.4) is 0 Å². The lowest BCUT2D eigenvalue weighted by molar-refractivity contribution is 0.240. The third-order valence-corrected chi connectivity index (χ3v) is 1.53. The molecule has 1 rings (SSSR count). The Morgan fingerprint density at radius 3 is 2.13 bits per heavy atom. The highest BCUT2D eigenvalue weighted by molar-refractivity contribution is 5.46. The summed E-state index contributed by atoms with van der Waals surface area (Å²) in [6.45, 7) is -0.753. The molecule has 7 heteroatoms. The summed E-state index contributed by atoms with van der Waals surface area (Å²) in [4.78, 5) is 7.54. The largest absolute Gasteiger partial charge is 0.481 e. The molecular formula is C8H12FN3O3. The molecule has 0 spiro atoms. The van der Waals surface area contributed by atoms with Crippen molar-refractivity contribution in [1.29, 1.82) is 0 Å². The number of aromatic nitrogens is 2. The highest BCUT2D eigenvalue weighted by atomic mass is 19.1. The Morgan fingerprint density at radius 2 is 1.73 bits per heavy atom. The minimum Gasteiger partial charge on any atom is -0.481 e. The molecule has 1 aromatic rings. The first-order chi connectivity index (χ1) is 7.22. The van der Waals surface area contributed by atoms with Crippen LogP contribution in [0.4, 0.5) is 10.3 Å². The summed E-state index contributed by atoms with van der Waals surface area (Å²) in [5.74, 6) is 0.378. The van der Waals surface area contributed by atoms with Gasteiger partial charge in [-0.2, -0.15) is 9.97 Å². The van der Waals surface area contributed by atoms with E-state index in [1.54, 1.807) is 0 Å². The molecule has 0 aliphatic carbocycles. The normalized spacial score (nSPS) is 9.80. The number of alkyl halides is 1. The molecular weight excluding hydrogens is 205 g/mol. The van der Waals surface area contributed by atoms with Gasteiger partial charge in [0.25, 0.3) is 11.8 Å². The van der Waals surface area contributed by atoms with Gasteiger partial charge in [-0.1, -0.05) is 0 Å². The summed E-state index contributed by atoms with van der Waals surface area (Å²) in [5.41, 5.74) is 5.40. The van der Waals surface area contributed by atoms with E-state index in [-0.39, 0.29) is 30.1 Å². The maximum Gasteiger partial charge on any atom is 0.265 e. The molecule has 2 N–H and O–H groups in total. The predicted octanol–water partition coefficient (Wildman–Crippen LogP) is 0.424. The van der Waals surface area contributed by atoms with Crippen molar-refractivity contribution in [2.75, 3.05) is 33.2 Å². The van der Waals surface area contributed by atoms with Crippen LogP contribution >= 0.6 is 0 Å². The summed E-state index contributed by atoms with van der Waals surface area (Å²) in [6.07, 6.45) is 0. The van der Waals surface area contributed by atoms with Crippen molar-refractivity contribution in [3.63, 3.8) is 0 Å². The van der Waals surface area contributed by atoms with Crippen molar-refractivity contribution in [3.05, 3.63) is 0 Å². The number of ether oxygens (including phenoxy) is 3. The van der Waals surface area contributed by atoms with Crippen LogP contribution in [0.1, 0.15) is 0 Å². The number of hydrogen-bond donors (Lipinski definition) is 1. The average molecular weight is 217 g/mol. The van der Waals surface area contributed by atoms with Crippen molar-refractivity contribution in [2.24, 2.45) is 0 Å². The molecule has 15 heavy (non-hydrogen) atoms. The number of nitrogens with zero attached hydrogens (tertiary/aromatic N) is 2. The molecule has 0 aromatic carbocycles. The Hall–Kier alpha value is -1.79. The molecule has 0 unspecified atom stereocenters. The summed E-state index contributed by atoms with van der Waals surface area (Å²) in [5, 5.41) is 0. The molecule has 0 radical (unpaired) electrons. The molecule has 0 atom stereocenters. The van der Waals surface area contributed by atoms with Crippen molar-refractivity contribution >= 4 is 5.95 Å². The van der Waals surface area contributed by atoms with Gasteiger partial charge >= 0.3 is 0 Å². The lowest BCUT2D eigenvalue weighted by atomic mass is 10.5. The highest BCUT2D eigenvalue weighted by Gasteiger charge is 2.16. The van der Waals surface area contributed by atoms with Crippen LogP contribution in [-0.2, 0) is 0 Å². The summed E-state index contributed by atoms with van der Waals surface area (Å²) >= 11 is 0. The third-order valence-electron chi connectivity index (χ3n) is 1.53.